The molecule has 0 atom stereocenters. The van der Waals surface area contributed by atoms with E-state index in [-0.39, 0.29) is 0 Å². The number of nitrogens with zero attached hydrogens (tertiary/aromatic N) is 6. The van der Waals surface area contributed by atoms with Gasteiger partial charge in [0.2, 0.25) is 0 Å². The second-order valence-corrected chi connectivity index (χ2v) is 40.0. The lowest BCUT2D eigenvalue weighted by atomic mass is 9.89. The molecule has 6 nitrogen and oxygen atoms in total. The average molecular weight is 1920 g/mol. The third-order valence-electron chi connectivity index (χ3n) is 27.7. The summed E-state index contributed by atoms with van der Waals surface area (Å²) in [5.41, 5.74) is 41.0. The molecule has 0 fully saturated rings. The molecule has 0 aliphatic heterocycles. The molecule has 0 bridgehead atoms. The van der Waals surface area contributed by atoms with E-state index < -0.39 is 0 Å². The highest BCUT2D eigenvalue weighted by molar-refractivity contribution is 7.22. The first kappa shape index (κ1) is 89.2. The lowest BCUT2D eigenvalue weighted by molar-refractivity contribution is 1.33. The predicted octanol–water partition coefficient (Wildman–Crippen LogP) is 38.3. The van der Waals surface area contributed by atoms with Gasteiger partial charge in [-0.25, -0.2) is 15.0 Å². The Morgan fingerprint density at radius 3 is 0.911 bits per heavy atom. The van der Waals surface area contributed by atoms with Gasteiger partial charge < -0.3 is 0 Å². The van der Waals surface area contributed by atoms with Crippen LogP contribution in [0.1, 0.15) is 5.56 Å². The number of fused-ring (bicyclic) bond motifs is 9. The van der Waals surface area contributed by atoms with Gasteiger partial charge in [-0.2, -0.15) is 0 Å². The highest BCUT2D eigenvalue weighted by atomic mass is 32.1. The number of aryl methyl sites for hydroxylation is 1. The highest BCUT2D eigenvalue weighted by Crippen LogP contribution is 2.48. The summed E-state index contributed by atoms with van der Waals surface area (Å²) in [4.78, 5) is 28.4. The minimum Gasteiger partial charge on any atom is -0.264 e. The van der Waals surface area contributed by atoms with Gasteiger partial charge in [0, 0.05) is 59.4 Å². The van der Waals surface area contributed by atoms with Crippen LogP contribution < -0.4 is 0 Å². The average Bonchev–Trinajstić information content (AvgIpc) is 1.47. The van der Waals surface area contributed by atoms with Gasteiger partial charge in [0.25, 0.3) is 0 Å². The molecule has 27 rings (SSSR count). The standard InChI is InChI=1S/C53H34N2S.2C42H28N2S/c1-33-27-38(24-25-41(33)35-22-20-34(21-23-35)39-13-10-26-54-32-39)53-55-52-50(49-29-37-12-3-5-15-43(37)45-17-7-9-19-47(45)49)30-40(31-51(52)56-53)48-28-36-11-2-4-14-42(36)44-16-6-8-18-46(44)48;1-3-8-29(9-4-1)37-24-38(30-10-5-2-6-11-30)26-39(25-37)35-21-22-41-40(27-35)44-42(45-41)34-19-17-32(18-20-34)31-13-15-33(16-14-31)36-12-7-23-43-28-36;1-3-8-29(9-4-1)37-24-38(30-10-5-2-6-11-30)26-39(25-37)35-21-22-40-41(27-35)45-42(44-40)34-19-17-32(18-20-34)31-13-15-33(16-14-31)36-12-7-23-43-28-36/h2-32H,1H3;2*1-28H. The summed E-state index contributed by atoms with van der Waals surface area (Å²) in [6.07, 6.45) is 11.1. The van der Waals surface area contributed by atoms with Crippen LogP contribution in [-0.2, 0) is 0 Å². The van der Waals surface area contributed by atoms with E-state index in [1.807, 2.05) is 43.0 Å². The van der Waals surface area contributed by atoms with Crippen molar-refractivity contribution in [1.29, 1.82) is 0 Å². The van der Waals surface area contributed by atoms with E-state index in [1.165, 1.54) is 191 Å². The van der Waals surface area contributed by atoms with Crippen LogP contribution in [0.15, 0.2) is 529 Å². The maximum atomic E-state index is 5.49. The fourth-order valence-electron chi connectivity index (χ4n) is 20.2. The predicted molar refractivity (Wildman–Crippen MR) is 619 cm³/mol. The molecule has 0 unspecified atom stereocenters. The van der Waals surface area contributed by atoms with Crippen LogP contribution in [0.2, 0.25) is 0 Å². The smallest absolute Gasteiger partial charge is 0.124 e. The first-order chi connectivity index (χ1) is 72.2. The summed E-state index contributed by atoms with van der Waals surface area (Å²) < 4.78 is 3.55. The topological polar surface area (TPSA) is 77.3 Å². The normalized spacial score (nSPS) is 11.3. The highest BCUT2D eigenvalue weighted by Gasteiger charge is 2.23. The molecular formula is C137H90N6S3. The molecule has 27 aromatic rings. The lowest BCUT2D eigenvalue weighted by Crippen LogP contribution is -1.90. The molecule has 0 amide bonds. The van der Waals surface area contributed by atoms with Gasteiger partial charge in [-0.3, -0.25) is 15.0 Å². The largest absolute Gasteiger partial charge is 0.264 e. The molecular weight excluding hydrogens is 1830 g/mol. The van der Waals surface area contributed by atoms with E-state index in [4.69, 9.17) is 15.0 Å². The summed E-state index contributed by atoms with van der Waals surface area (Å²) in [7, 11) is 0. The summed E-state index contributed by atoms with van der Waals surface area (Å²) >= 11 is 5.26. The zero-order valence-electron chi connectivity index (χ0n) is 79.6. The van der Waals surface area contributed by atoms with E-state index in [9.17, 15) is 0 Å². The Morgan fingerprint density at radius 1 is 0.158 bits per heavy atom. The van der Waals surface area contributed by atoms with Crippen molar-refractivity contribution in [2.75, 3.05) is 0 Å². The first-order valence-corrected chi connectivity index (χ1v) is 51.6. The molecule has 0 aliphatic carbocycles. The van der Waals surface area contributed by atoms with Crippen molar-refractivity contribution in [3.05, 3.63) is 534 Å². The summed E-state index contributed by atoms with van der Waals surface area (Å²) in [5, 5.41) is 13.1. The second kappa shape index (κ2) is 39.7. The van der Waals surface area contributed by atoms with Crippen LogP contribution in [0.3, 0.4) is 0 Å². The molecule has 0 saturated carbocycles. The van der Waals surface area contributed by atoms with Gasteiger partial charge >= 0.3 is 0 Å². The third-order valence-corrected chi connectivity index (χ3v) is 30.9. The molecule has 6 heterocycles. The number of pyridine rings is 3. The molecule has 0 spiro atoms. The molecule has 0 radical (unpaired) electrons. The zero-order valence-corrected chi connectivity index (χ0v) is 82.1. The van der Waals surface area contributed by atoms with Gasteiger partial charge in [0.05, 0.1) is 30.6 Å². The quantitative estimate of drug-likeness (QED) is 0.0846. The monoisotopic (exact) mass is 1910 g/mol. The van der Waals surface area contributed by atoms with Gasteiger partial charge in [0.15, 0.2) is 0 Å². The van der Waals surface area contributed by atoms with Crippen molar-refractivity contribution in [3.8, 4) is 187 Å². The van der Waals surface area contributed by atoms with E-state index >= 15 is 0 Å². The van der Waals surface area contributed by atoms with Gasteiger partial charge in [-0.15, -0.1) is 34.0 Å². The number of thiazole rings is 3. The van der Waals surface area contributed by atoms with Crippen LogP contribution in [-0.4, -0.2) is 29.9 Å². The van der Waals surface area contributed by atoms with Gasteiger partial charge in [-0.1, -0.05) is 382 Å². The van der Waals surface area contributed by atoms with Crippen molar-refractivity contribution in [3.63, 3.8) is 0 Å². The van der Waals surface area contributed by atoms with Crippen molar-refractivity contribution in [2.24, 2.45) is 0 Å². The number of benzene rings is 21. The maximum absolute atomic E-state index is 5.49. The molecule has 0 N–H and O–H groups in total. The van der Waals surface area contributed by atoms with Crippen molar-refractivity contribution in [1.82, 2.24) is 29.9 Å². The molecule has 146 heavy (non-hydrogen) atoms. The lowest BCUT2D eigenvalue weighted by Gasteiger charge is -2.15. The molecule has 9 heteroatoms. The summed E-state index contributed by atoms with van der Waals surface area (Å²) in [6.45, 7) is 2.21. The molecule has 0 saturated heterocycles. The van der Waals surface area contributed by atoms with Crippen molar-refractivity contribution in [2.45, 2.75) is 6.92 Å². The molecule has 0 aliphatic rings. The Balaban J connectivity index is 0.000000115. The van der Waals surface area contributed by atoms with Crippen LogP contribution in [0.5, 0.6) is 0 Å². The molecule has 686 valence electrons. The van der Waals surface area contributed by atoms with E-state index in [0.29, 0.717) is 0 Å². The Bertz CT molecular complexity index is 9030. The summed E-state index contributed by atoms with van der Waals surface area (Å²) in [6, 6.07) is 177. The van der Waals surface area contributed by atoms with Crippen molar-refractivity contribution < 1.29 is 0 Å². The van der Waals surface area contributed by atoms with Crippen LogP contribution in [0.25, 0.3) is 261 Å². The van der Waals surface area contributed by atoms with E-state index in [0.717, 1.165) is 76.1 Å². The number of hydrogen-bond donors (Lipinski definition) is 0. The first-order valence-electron chi connectivity index (χ1n) is 49.1. The molecule has 21 aromatic carbocycles. The Labute approximate surface area is 859 Å². The minimum absolute atomic E-state index is 1.02. The fourth-order valence-corrected chi connectivity index (χ4v) is 23.2. The number of aromatic nitrogens is 6. The molecule has 6 aromatic heterocycles. The minimum atomic E-state index is 1.02. The zero-order chi connectivity index (χ0) is 97.2. The van der Waals surface area contributed by atoms with Gasteiger partial charge in [-0.05, 0) is 315 Å². The maximum Gasteiger partial charge on any atom is 0.124 e. The Morgan fingerprint density at radius 2 is 0.473 bits per heavy atom. The summed E-state index contributed by atoms with van der Waals surface area (Å²) in [5.74, 6) is 0. The SMILES string of the molecule is Cc1cc(-c2nc3c(-c4cc5ccccc5c5ccccc45)cc(-c4cc5ccccc5c5ccccc45)cc3s2)ccc1-c1ccc(-c2cccnc2)cc1.c1ccc(-c2cc(-c3ccccc3)cc(-c3ccc4nc(-c5ccc(-c6ccc(-c7cccnc7)cc6)cc5)sc4c3)c2)cc1.c1ccc(-c2cc(-c3ccccc3)cc(-c3ccc4sc(-c5ccc(-c6ccc(-c7cccnc7)cc6)cc5)nc4c3)c2)cc1. The number of rotatable bonds is 17. The van der Waals surface area contributed by atoms with Gasteiger partial charge in [0.1, 0.15) is 15.0 Å². The third kappa shape index (κ3) is 18.3. The fraction of sp³-hybridized carbons (Fsp3) is 0.00730. The van der Waals surface area contributed by atoms with Crippen LogP contribution in [0.4, 0.5) is 0 Å². The van der Waals surface area contributed by atoms with E-state index in [1.54, 1.807) is 46.4 Å². The van der Waals surface area contributed by atoms with Crippen LogP contribution >= 0.6 is 34.0 Å². The van der Waals surface area contributed by atoms with E-state index in [2.05, 4.69) is 495 Å². The Kier molecular flexibility index (Phi) is 24.2. The second-order valence-electron chi connectivity index (χ2n) is 36.9. The Hall–Kier alpha value is -18.2. The van der Waals surface area contributed by atoms with Crippen molar-refractivity contribution >= 4 is 108 Å². The van der Waals surface area contributed by atoms with Crippen LogP contribution in [0, 0.1) is 6.92 Å². The number of hydrogen-bond acceptors (Lipinski definition) is 9.